The quantitative estimate of drug-likeness (QED) is 0.562. The normalized spacial score (nSPS) is 18.7. The molecule has 2 rings (SSSR count). The molecule has 2 heterocycles. The van der Waals surface area contributed by atoms with Crippen molar-refractivity contribution in [2.24, 2.45) is 4.99 Å². The first-order valence-corrected chi connectivity index (χ1v) is 4.28. The topological polar surface area (TPSA) is 36.4 Å². The molecule has 0 unspecified atom stereocenters. The first-order chi connectivity index (χ1) is 6.00. The van der Waals surface area contributed by atoms with Crippen LogP contribution in [0.4, 0.5) is 0 Å². The minimum atomic E-state index is 0.872. The van der Waals surface area contributed by atoms with E-state index >= 15 is 0 Å². The zero-order chi connectivity index (χ0) is 8.49. The van der Waals surface area contributed by atoms with E-state index in [-0.39, 0.29) is 0 Å². The molecule has 0 aliphatic carbocycles. The zero-order valence-electron chi connectivity index (χ0n) is 7.16. The lowest BCUT2D eigenvalue weighted by Crippen LogP contribution is -2.09. The van der Waals surface area contributed by atoms with E-state index in [2.05, 4.69) is 21.7 Å². The zero-order valence-corrected chi connectivity index (χ0v) is 7.16. The molecule has 2 N–H and O–H groups in total. The van der Waals surface area contributed by atoms with Crippen molar-refractivity contribution in [3.63, 3.8) is 0 Å². The summed E-state index contributed by atoms with van der Waals surface area (Å²) < 4.78 is 0. The van der Waals surface area contributed by atoms with Gasteiger partial charge in [0.15, 0.2) is 0 Å². The molecule has 0 spiro atoms. The van der Waals surface area contributed by atoms with E-state index in [1.54, 1.807) is 6.20 Å². The maximum atomic E-state index is 3.81. The Balaban J connectivity index is 0.000000120. The van der Waals surface area contributed by atoms with Crippen LogP contribution in [-0.4, -0.2) is 19.3 Å². The average Bonchev–Trinajstić information content (AvgIpc) is 2.24. The van der Waals surface area contributed by atoms with Gasteiger partial charge in [-0.2, -0.15) is 0 Å². The predicted octanol–water partition coefficient (Wildman–Crippen LogP) is 1.02. The number of allylic oxidation sites excluding steroid dienone is 1. The molecule has 0 aromatic heterocycles. The van der Waals surface area contributed by atoms with Crippen molar-refractivity contribution in [1.29, 1.82) is 0 Å². The molecule has 2 aliphatic heterocycles. The number of nitrogens with one attached hydrogen (secondary N) is 2. The lowest BCUT2D eigenvalue weighted by Gasteiger charge is -2.02. The average molecular weight is 165 g/mol. The van der Waals surface area contributed by atoms with Gasteiger partial charge < -0.3 is 10.6 Å². The van der Waals surface area contributed by atoms with Gasteiger partial charge in [-0.15, -0.1) is 0 Å². The van der Waals surface area contributed by atoms with Crippen LogP contribution in [0, 0.1) is 0 Å². The van der Waals surface area contributed by atoms with E-state index in [1.807, 2.05) is 18.6 Å². The summed E-state index contributed by atoms with van der Waals surface area (Å²) in [7, 11) is 0. The molecular weight excluding hydrogens is 150 g/mol. The third kappa shape index (κ3) is 4.55. The van der Waals surface area contributed by atoms with Crippen molar-refractivity contribution >= 4 is 6.21 Å². The molecule has 3 nitrogen and oxygen atoms in total. The maximum Gasteiger partial charge on any atom is 0.0498 e. The molecule has 0 atom stereocenters. The minimum Gasteiger partial charge on any atom is -0.391 e. The Kier molecular flexibility index (Phi) is 4.76. The molecular formula is C9H15N3. The Morgan fingerprint density at radius 2 is 2.17 bits per heavy atom. The van der Waals surface area contributed by atoms with E-state index in [0.29, 0.717) is 0 Å². The fraction of sp³-hybridized carbons (Fsp3) is 0.444. The fourth-order valence-electron chi connectivity index (χ4n) is 0.902. The molecule has 3 heteroatoms. The Morgan fingerprint density at radius 3 is 2.33 bits per heavy atom. The van der Waals surface area contributed by atoms with Crippen molar-refractivity contribution in [2.45, 2.75) is 12.8 Å². The van der Waals surface area contributed by atoms with E-state index < -0.39 is 0 Å². The van der Waals surface area contributed by atoms with Gasteiger partial charge in [0.05, 0.1) is 0 Å². The summed E-state index contributed by atoms with van der Waals surface area (Å²) in [6.07, 6.45) is 12.1. The van der Waals surface area contributed by atoms with Gasteiger partial charge in [-0.3, -0.25) is 4.99 Å². The Labute approximate surface area is 73.3 Å². The SMILES string of the molecule is C1=CNCC=N1.C1=CNCCC1. The van der Waals surface area contributed by atoms with Crippen molar-refractivity contribution in [3.05, 3.63) is 24.7 Å². The molecule has 0 radical (unpaired) electrons. The van der Waals surface area contributed by atoms with Crippen LogP contribution in [0.15, 0.2) is 29.7 Å². The maximum absolute atomic E-state index is 3.81. The second kappa shape index (κ2) is 6.46. The molecule has 0 aromatic carbocycles. The van der Waals surface area contributed by atoms with E-state index in [1.165, 1.54) is 12.8 Å². The van der Waals surface area contributed by atoms with Gasteiger partial charge in [-0.05, 0) is 19.0 Å². The number of hydrogen-bond donors (Lipinski definition) is 2. The molecule has 0 aromatic rings. The van der Waals surface area contributed by atoms with Crippen LogP contribution in [-0.2, 0) is 0 Å². The van der Waals surface area contributed by atoms with Crippen LogP contribution >= 0.6 is 0 Å². The molecule has 0 saturated heterocycles. The van der Waals surface area contributed by atoms with Crippen molar-refractivity contribution in [3.8, 4) is 0 Å². The number of aliphatic imine (C=N–C) groups is 1. The van der Waals surface area contributed by atoms with Crippen LogP contribution in [0.2, 0.25) is 0 Å². The molecule has 0 amide bonds. The van der Waals surface area contributed by atoms with Gasteiger partial charge in [0.25, 0.3) is 0 Å². The lowest BCUT2D eigenvalue weighted by molar-refractivity contribution is 0.728. The smallest absolute Gasteiger partial charge is 0.0498 e. The highest BCUT2D eigenvalue weighted by Gasteiger charge is 1.84. The van der Waals surface area contributed by atoms with Crippen LogP contribution in [0.3, 0.4) is 0 Å². The third-order valence-electron chi connectivity index (χ3n) is 1.52. The number of hydrogen-bond acceptors (Lipinski definition) is 3. The summed E-state index contributed by atoms with van der Waals surface area (Å²) in [6, 6.07) is 0. The van der Waals surface area contributed by atoms with Gasteiger partial charge in [0, 0.05) is 31.7 Å². The van der Waals surface area contributed by atoms with Gasteiger partial charge >= 0.3 is 0 Å². The van der Waals surface area contributed by atoms with Gasteiger partial charge in [-0.25, -0.2) is 0 Å². The van der Waals surface area contributed by atoms with E-state index in [9.17, 15) is 0 Å². The first kappa shape index (κ1) is 8.84. The summed E-state index contributed by atoms with van der Waals surface area (Å²) in [5.41, 5.74) is 0. The Bertz CT molecular complexity index is 162. The van der Waals surface area contributed by atoms with Crippen LogP contribution < -0.4 is 10.6 Å². The van der Waals surface area contributed by atoms with Crippen LogP contribution in [0.1, 0.15) is 12.8 Å². The van der Waals surface area contributed by atoms with E-state index in [4.69, 9.17) is 0 Å². The monoisotopic (exact) mass is 165 g/mol. The van der Waals surface area contributed by atoms with Crippen LogP contribution in [0.25, 0.3) is 0 Å². The van der Waals surface area contributed by atoms with Gasteiger partial charge in [0.1, 0.15) is 0 Å². The molecule has 0 fully saturated rings. The standard InChI is InChI=1S/C5H9N.C4H6N2/c1-2-4-6-5-3-1;1-2-6-4-3-5-1/h2,4,6H,1,3,5H2;1-3,6H,4H2. The second-order valence-electron chi connectivity index (χ2n) is 2.55. The molecule has 0 saturated carbocycles. The Hall–Kier alpha value is -1.25. The fourth-order valence-corrected chi connectivity index (χ4v) is 0.902. The molecule has 66 valence electrons. The van der Waals surface area contributed by atoms with Crippen molar-refractivity contribution < 1.29 is 0 Å². The van der Waals surface area contributed by atoms with Gasteiger partial charge in [0.2, 0.25) is 0 Å². The van der Waals surface area contributed by atoms with Crippen molar-refractivity contribution in [2.75, 3.05) is 13.1 Å². The van der Waals surface area contributed by atoms with Crippen LogP contribution in [0.5, 0.6) is 0 Å². The summed E-state index contributed by atoms with van der Waals surface area (Å²) in [5, 5.41) is 6.06. The highest BCUT2D eigenvalue weighted by atomic mass is 14.9. The van der Waals surface area contributed by atoms with Crippen molar-refractivity contribution in [1.82, 2.24) is 10.6 Å². The summed E-state index contributed by atoms with van der Waals surface area (Å²) in [4.78, 5) is 3.81. The highest BCUT2D eigenvalue weighted by Crippen LogP contribution is 1.91. The molecule has 0 bridgehead atoms. The number of rotatable bonds is 0. The minimum absolute atomic E-state index is 0.872. The summed E-state index contributed by atoms with van der Waals surface area (Å²) >= 11 is 0. The highest BCUT2D eigenvalue weighted by molar-refractivity contribution is 5.61. The number of nitrogens with zero attached hydrogens (tertiary/aromatic N) is 1. The lowest BCUT2D eigenvalue weighted by atomic mass is 10.2. The summed E-state index contributed by atoms with van der Waals surface area (Å²) in [6.45, 7) is 2.03. The predicted molar refractivity (Wildman–Crippen MR) is 52.0 cm³/mol. The third-order valence-corrected chi connectivity index (χ3v) is 1.52. The summed E-state index contributed by atoms with van der Waals surface area (Å²) in [5.74, 6) is 0. The molecule has 2 aliphatic rings. The van der Waals surface area contributed by atoms with E-state index in [0.717, 1.165) is 13.1 Å². The largest absolute Gasteiger partial charge is 0.391 e. The molecule has 12 heavy (non-hydrogen) atoms. The van der Waals surface area contributed by atoms with Gasteiger partial charge in [-0.1, -0.05) is 6.08 Å². The first-order valence-electron chi connectivity index (χ1n) is 4.28. The second-order valence-corrected chi connectivity index (χ2v) is 2.55. The Morgan fingerprint density at radius 1 is 1.17 bits per heavy atom.